The van der Waals surface area contributed by atoms with Gasteiger partial charge in [-0.2, -0.15) is 4.31 Å². The van der Waals surface area contributed by atoms with Crippen molar-refractivity contribution in [1.82, 2.24) is 18.8 Å². The average molecular weight is 445 g/mol. The third-order valence-electron chi connectivity index (χ3n) is 5.98. The first-order valence-electron chi connectivity index (χ1n) is 10.7. The van der Waals surface area contributed by atoms with Crippen LogP contribution < -0.4 is 0 Å². The second kappa shape index (κ2) is 8.47. The second-order valence-corrected chi connectivity index (χ2v) is 9.79. The maximum absolute atomic E-state index is 13.1. The highest BCUT2D eigenvalue weighted by atomic mass is 32.2. The summed E-state index contributed by atoms with van der Waals surface area (Å²) in [6, 6.07) is 9.18. The molecule has 1 aliphatic heterocycles. The number of likely N-dealkylation sites (tertiary alicyclic amines) is 1. The Hall–Kier alpha value is -2.65. The molecule has 1 aromatic carbocycles. The molecule has 3 aromatic rings. The van der Waals surface area contributed by atoms with Gasteiger partial charge in [-0.05, 0) is 31.0 Å². The normalized spacial score (nSPS) is 15.8. The minimum Gasteiger partial charge on any atom is -0.440 e. The van der Waals surface area contributed by atoms with Gasteiger partial charge in [0.1, 0.15) is 16.1 Å². The number of sulfonamides is 1. The number of piperidine rings is 1. The summed E-state index contributed by atoms with van der Waals surface area (Å²) in [5.41, 5.74) is 2.01. The molecule has 0 spiro atoms. The predicted molar refractivity (Wildman–Crippen MR) is 117 cm³/mol. The number of fused-ring (bicyclic) bond motifs is 1. The Morgan fingerprint density at radius 3 is 2.52 bits per heavy atom. The molecule has 1 saturated heterocycles. The fourth-order valence-electron chi connectivity index (χ4n) is 4.16. The standard InChI is InChI=1S/C22H28N4O4S/c1-4-26(5-2)31(28,29)17-14-19(24(3)15-17)22(27)25-12-10-16(11-13-25)21-23-18-8-6-7-9-20(18)30-21/h6-9,14-16H,4-5,10-13H2,1-3H3. The smallest absolute Gasteiger partial charge is 0.270 e. The fourth-order valence-corrected chi connectivity index (χ4v) is 5.69. The molecule has 8 nitrogen and oxygen atoms in total. The van der Waals surface area contributed by atoms with E-state index in [4.69, 9.17) is 4.42 Å². The van der Waals surface area contributed by atoms with E-state index in [9.17, 15) is 13.2 Å². The first kappa shape index (κ1) is 21.6. The molecule has 0 saturated carbocycles. The van der Waals surface area contributed by atoms with Crippen LogP contribution in [0.5, 0.6) is 0 Å². The van der Waals surface area contributed by atoms with Crippen molar-refractivity contribution >= 4 is 27.0 Å². The Morgan fingerprint density at radius 2 is 1.87 bits per heavy atom. The minimum atomic E-state index is -3.60. The molecule has 9 heteroatoms. The number of hydrogen-bond donors (Lipinski definition) is 0. The zero-order valence-corrected chi connectivity index (χ0v) is 18.9. The van der Waals surface area contributed by atoms with Gasteiger partial charge in [0, 0.05) is 45.3 Å². The maximum Gasteiger partial charge on any atom is 0.270 e. The zero-order valence-electron chi connectivity index (χ0n) is 18.1. The number of carbonyl (C=O) groups excluding carboxylic acids is 1. The Kier molecular flexibility index (Phi) is 5.90. The molecule has 3 heterocycles. The number of aryl methyl sites for hydroxylation is 1. The third kappa shape index (κ3) is 3.99. The highest BCUT2D eigenvalue weighted by Crippen LogP contribution is 2.30. The highest BCUT2D eigenvalue weighted by molar-refractivity contribution is 7.89. The van der Waals surface area contributed by atoms with Crippen LogP contribution in [-0.4, -0.2) is 59.3 Å². The van der Waals surface area contributed by atoms with Crippen LogP contribution in [0.4, 0.5) is 0 Å². The molecule has 0 aliphatic carbocycles. The topological polar surface area (TPSA) is 88.7 Å². The van der Waals surface area contributed by atoms with Crippen LogP contribution in [-0.2, 0) is 17.1 Å². The van der Waals surface area contributed by atoms with Crippen LogP contribution in [0.25, 0.3) is 11.1 Å². The largest absolute Gasteiger partial charge is 0.440 e. The van der Waals surface area contributed by atoms with Crippen LogP contribution in [0.3, 0.4) is 0 Å². The quantitative estimate of drug-likeness (QED) is 0.582. The summed E-state index contributed by atoms with van der Waals surface area (Å²) in [6.45, 7) is 5.53. The van der Waals surface area contributed by atoms with Gasteiger partial charge in [0.2, 0.25) is 10.0 Å². The number of carbonyl (C=O) groups is 1. The minimum absolute atomic E-state index is 0.153. The van der Waals surface area contributed by atoms with Crippen molar-refractivity contribution in [2.45, 2.75) is 37.5 Å². The number of oxazole rings is 1. The number of aromatic nitrogens is 2. The van der Waals surface area contributed by atoms with Crippen LogP contribution >= 0.6 is 0 Å². The number of nitrogens with zero attached hydrogens (tertiary/aromatic N) is 4. The number of hydrogen-bond acceptors (Lipinski definition) is 5. The third-order valence-corrected chi connectivity index (χ3v) is 8.00. The summed E-state index contributed by atoms with van der Waals surface area (Å²) in [6.07, 6.45) is 3.03. The van der Waals surface area contributed by atoms with E-state index in [1.165, 1.54) is 16.6 Å². The molecule has 0 N–H and O–H groups in total. The van der Waals surface area contributed by atoms with E-state index < -0.39 is 10.0 Å². The van der Waals surface area contributed by atoms with Crippen molar-refractivity contribution in [1.29, 1.82) is 0 Å². The lowest BCUT2D eigenvalue weighted by atomic mass is 9.96. The van der Waals surface area contributed by atoms with Gasteiger partial charge in [0.05, 0.1) is 0 Å². The summed E-state index contributed by atoms with van der Waals surface area (Å²) in [4.78, 5) is 19.6. The van der Waals surface area contributed by atoms with E-state index in [0.717, 1.165) is 29.8 Å². The molecule has 0 unspecified atom stereocenters. The van der Waals surface area contributed by atoms with Crippen molar-refractivity contribution in [3.05, 3.63) is 48.1 Å². The summed E-state index contributed by atoms with van der Waals surface area (Å²) in [7, 11) is -1.90. The van der Waals surface area contributed by atoms with Gasteiger partial charge in [-0.3, -0.25) is 4.79 Å². The number of rotatable bonds is 6. The molecule has 166 valence electrons. The first-order valence-corrected chi connectivity index (χ1v) is 12.1. The lowest BCUT2D eigenvalue weighted by molar-refractivity contribution is 0.0697. The molecule has 1 fully saturated rings. The monoisotopic (exact) mass is 444 g/mol. The van der Waals surface area contributed by atoms with Gasteiger partial charge in [0.15, 0.2) is 11.5 Å². The fraction of sp³-hybridized carbons (Fsp3) is 0.455. The first-order chi connectivity index (χ1) is 14.8. The van der Waals surface area contributed by atoms with Crippen LogP contribution in [0.15, 0.2) is 45.8 Å². The molecule has 4 rings (SSSR count). The molecule has 0 atom stereocenters. The molecule has 1 amide bonds. The summed E-state index contributed by atoms with van der Waals surface area (Å²) in [5, 5.41) is 0. The molecule has 2 aromatic heterocycles. The van der Waals surface area contributed by atoms with Gasteiger partial charge in [-0.25, -0.2) is 13.4 Å². The molecule has 0 bridgehead atoms. The van der Waals surface area contributed by atoms with Gasteiger partial charge in [0.25, 0.3) is 5.91 Å². The molecule has 0 radical (unpaired) electrons. The zero-order chi connectivity index (χ0) is 22.2. The lowest BCUT2D eigenvalue weighted by Crippen LogP contribution is -2.38. The highest BCUT2D eigenvalue weighted by Gasteiger charge is 2.30. The van der Waals surface area contributed by atoms with E-state index in [0.29, 0.717) is 31.9 Å². The van der Waals surface area contributed by atoms with Crippen LogP contribution in [0.2, 0.25) is 0 Å². The molecule has 1 aliphatic rings. The molecular weight excluding hydrogens is 416 g/mol. The number of para-hydroxylation sites is 2. The summed E-state index contributed by atoms with van der Waals surface area (Å²) < 4.78 is 34.5. The Morgan fingerprint density at radius 1 is 1.19 bits per heavy atom. The van der Waals surface area contributed by atoms with Crippen molar-refractivity contribution in [2.24, 2.45) is 7.05 Å². The molecular formula is C22H28N4O4S. The van der Waals surface area contributed by atoms with E-state index in [1.54, 1.807) is 30.4 Å². The summed E-state index contributed by atoms with van der Waals surface area (Å²) >= 11 is 0. The second-order valence-electron chi connectivity index (χ2n) is 7.85. The SMILES string of the molecule is CCN(CC)S(=O)(=O)c1cc(C(=O)N2CCC(c3nc4ccccc4o3)CC2)n(C)c1. The van der Waals surface area contributed by atoms with Crippen LogP contribution in [0.1, 0.15) is 49.0 Å². The summed E-state index contributed by atoms with van der Waals surface area (Å²) in [5.74, 6) is 0.739. The number of benzene rings is 1. The van der Waals surface area contributed by atoms with Crippen molar-refractivity contribution in [3.8, 4) is 0 Å². The lowest BCUT2D eigenvalue weighted by Gasteiger charge is -2.30. The van der Waals surface area contributed by atoms with E-state index >= 15 is 0 Å². The average Bonchev–Trinajstić information content (AvgIpc) is 3.38. The van der Waals surface area contributed by atoms with Gasteiger partial charge >= 0.3 is 0 Å². The van der Waals surface area contributed by atoms with Gasteiger partial charge in [-0.1, -0.05) is 26.0 Å². The van der Waals surface area contributed by atoms with Crippen molar-refractivity contribution < 1.29 is 17.6 Å². The Labute approximate surface area is 182 Å². The van der Waals surface area contributed by atoms with Gasteiger partial charge in [-0.15, -0.1) is 0 Å². The predicted octanol–water partition coefficient (Wildman–Crippen LogP) is 3.22. The van der Waals surface area contributed by atoms with Crippen molar-refractivity contribution in [3.63, 3.8) is 0 Å². The Bertz CT molecular complexity index is 1150. The van der Waals surface area contributed by atoms with Crippen LogP contribution in [0, 0.1) is 0 Å². The van der Waals surface area contributed by atoms with Gasteiger partial charge < -0.3 is 13.9 Å². The maximum atomic E-state index is 13.1. The molecule has 31 heavy (non-hydrogen) atoms. The van der Waals surface area contributed by atoms with E-state index in [1.807, 2.05) is 24.3 Å². The number of amides is 1. The Balaban J connectivity index is 1.47. The van der Waals surface area contributed by atoms with Crippen molar-refractivity contribution in [2.75, 3.05) is 26.2 Å². The van der Waals surface area contributed by atoms with E-state index in [-0.39, 0.29) is 16.7 Å². The van der Waals surface area contributed by atoms with E-state index in [2.05, 4.69) is 4.98 Å².